The van der Waals surface area contributed by atoms with Crippen molar-refractivity contribution >= 4 is 17.4 Å². The summed E-state index contributed by atoms with van der Waals surface area (Å²) in [5.74, 6) is 2.20. The molecule has 5 heteroatoms. The summed E-state index contributed by atoms with van der Waals surface area (Å²) in [6.07, 6.45) is 4.02. The number of hydrogen-bond donors (Lipinski definition) is 0. The van der Waals surface area contributed by atoms with Gasteiger partial charge in [0.2, 0.25) is 0 Å². The van der Waals surface area contributed by atoms with Crippen LogP contribution in [0.3, 0.4) is 0 Å². The van der Waals surface area contributed by atoms with E-state index in [4.69, 9.17) is 16.6 Å². The molecule has 3 heterocycles. The number of piperidine rings is 1. The molecule has 3 rings (SSSR count). The maximum Gasteiger partial charge on any atom is 0.137 e. The Morgan fingerprint density at radius 2 is 1.95 bits per heavy atom. The van der Waals surface area contributed by atoms with E-state index in [9.17, 15) is 0 Å². The van der Waals surface area contributed by atoms with Crippen molar-refractivity contribution in [3.05, 3.63) is 16.5 Å². The van der Waals surface area contributed by atoms with E-state index in [0.717, 1.165) is 36.8 Å². The maximum atomic E-state index is 6.33. The van der Waals surface area contributed by atoms with Crippen molar-refractivity contribution in [1.29, 1.82) is 0 Å². The molecule has 1 atom stereocenters. The molecule has 0 saturated carbocycles. The molecule has 1 aromatic rings. The molecule has 0 amide bonds. The minimum Gasteiger partial charge on any atom is -0.353 e. The lowest BCUT2D eigenvalue weighted by Crippen LogP contribution is -2.55. The zero-order chi connectivity index (χ0) is 15.0. The molecular weight excluding hydrogens is 284 g/mol. The first-order chi connectivity index (χ1) is 10.1. The average Bonchev–Trinajstić information content (AvgIpc) is 2.49. The Morgan fingerprint density at radius 1 is 1.14 bits per heavy atom. The van der Waals surface area contributed by atoms with E-state index in [0.29, 0.717) is 17.1 Å². The summed E-state index contributed by atoms with van der Waals surface area (Å²) in [7, 11) is 0. The number of fused-ring (bicyclic) bond motifs is 1. The van der Waals surface area contributed by atoms with Crippen LogP contribution in [0.2, 0.25) is 5.15 Å². The Kier molecular flexibility index (Phi) is 4.36. The topological polar surface area (TPSA) is 32.3 Å². The molecule has 0 aliphatic carbocycles. The number of nitrogens with zero attached hydrogens (tertiary/aromatic N) is 4. The minimum atomic E-state index is 0.304. The Hall–Kier alpha value is -0.870. The second-order valence-corrected chi connectivity index (χ2v) is 6.97. The highest BCUT2D eigenvalue weighted by Crippen LogP contribution is 2.29. The fraction of sp³-hybridized carbons (Fsp3) is 0.750. The average molecular weight is 309 g/mol. The normalized spacial score (nSPS) is 23.5. The highest BCUT2D eigenvalue weighted by atomic mass is 35.5. The van der Waals surface area contributed by atoms with Crippen LogP contribution in [0, 0.1) is 6.92 Å². The van der Waals surface area contributed by atoms with E-state index in [1.165, 1.54) is 25.8 Å². The number of halogens is 1. The van der Waals surface area contributed by atoms with Gasteiger partial charge in [-0.25, -0.2) is 9.97 Å². The van der Waals surface area contributed by atoms with Gasteiger partial charge in [0, 0.05) is 37.2 Å². The summed E-state index contributed by atoms with van der Waals surface area (Å²) >= 11 is 6.33. The minimum absolute atomic E-state index is 0.304. The van der Waals surface area contributed by atoms with Gasteiger partial charge in [0.25, 0.3) is 0 Å². The van der Waals surface area contributed by atoms with Gasteiger partial charge < -0.3 is 4.90 Å². The molecule has 2 aliphatic rings. The van der Waals surface area contributed by atoms with Crippen molar-refractivity contribution in [1.82, 2.24) is 14.9 Å². The lowest BCUT2D eigenvalue weighted by atomic mass is 9.99. The molecule has 2 fully saturated rings. The second-order valence-electron chi connectivity index (χ2n) is 6.61. The fourth-order valence-corrected chi connectivity index (χ4v) is 3.58. The van der Waals surface area contributed by atoms with Crippen LogP contribution in [0.25, 0.3) is 0 Å². The smallest absolute Gasteiger partial charge is 0.137 e. The first-order valence-corrected chi connectivity index (χ1v) is 8.47. The number of anilines is 1. The third kappa shape index (κ3) is 3.02. The molecular formula is C16H25ClN4. The van der Waals surface area contributed by atoms with Gasteiger partial charge in [-0.3, -0.25) is 4.90 Å². The van der Waals surface area contributed by atoms with Crippen LogP contribution in [0.1, 0.15) is 50.4 Å². The molecule has 4 nitrogen and oxygen atoms in total. The summed E-state index contributed by atoms with van der Waals surface area (Å²) in [6.45, 7) is 10.8. The van der Waals surface area contributed by atoms with Crippen LogP contribution in [0.4, 0.5) is 5.82 Å². The molecule has 2 aliphatic heterocycles. The van der Waals surface area contributed by atoms with Gasteiger partial charge in [0.15, 0.2) is 0 Å². The number of aromatic nitrogens is 2. The maximum absolute atomic E-state index is 6.33. The Labute approximate surface area is 132 Å². The Balaban J connectivity index is 1.86. The van der Waals surface area contributed by atoms with Crippen LogP contribution >= 0.6 is 11.6 Å². The standard InChI is InChI=1S/C16H25ClN4/c1-11(2)15-18-14(17)12(3)16(19-15)21-9-8-20-7-5-4-6-13(20)10-21/h11,13H,4-10H2,1-3H3. The van der Waals surface area contributed by atoms with Gasteiger partial charge >= 0.3 is 0 Å². The molecule has 116 valence electrons. The first kappa shape index (κ1) is 15.0. The predicted molar refractivity (Wildman–Crippen MR) is 87.3 cm³/mol. The van der Waals surface area contributed by atoms with E-state index in [-0.39, 0.29) is 0 Å². The molecule has 0 aromatic carbocycles. The highest BCUT2D eigenvalue weighted by Gasteiger charge is 2.30. The summed E-state index contributed by atoms with van der Waals surface area (Å²) in [5.41, 5.74) is 1.02. The van der Waals surface area contributed by atoms with Crippen molar-refractivity contribution in [2.45, 2.75) is 52.0 Å². The Morgan fingerprint density at radius 3 is 2.71 bits per heavy atom. The van der Waals surface area contributed by atoms with Crippen LogP contribution in [0.15, 0.2) is 0 Å². The number of rotatable bonds is 2. The lowest BCUT2D eigenvalue weighted by molar-refractivity contribution is 0.133. The summed E-state index contributed by atoms with van der Waals surface area (Å²) < 4.78 is 0. The number of piperazine rings is 1. The molecule has 1 aromatic heterocycles. The van der Waals surface area contributed by atoms with Crippen LogP contribution < -0.4 is 4.90 Å². The van der Waals surface area contributed by atoms with E-state index in [1.54, 1.807) is 0 Å². The summed E-state index contributed by atoms with van der Waals surface area (Å²) in [4.78, 5) is 14.3. The molecule has 0 radical (unpaired) electrons. The third-order valence-corrected chi connectivity index (χ3v) is 5.10. The van der Waals surface area contributed by atoms with Crippen LogP contribution in [0.5, 0.6) is 0 Å². The Bertz CT molecular complexity index is 517. The van der Waals surface area contributed by atoms with Gasteiger partial charge in [0.1, 0.15) is 16.8 Å². The second kappa shape index (κ2) is 6.09. The van der Waals surface area contributed by atoms with E-state index >= 15 is 0 Å². The van der Waals surface area contributed by atoms with Crippen molar-refractivity contribution in [3.8, 4) is 0 Å². The van der Waals surface area contributed by atoms with Gasteiger partial charge in [0.05, 0.1) is 0 Å². The highest BCUT2D eigenvalue weighted by molar-refractivity contribution is 6.30. The largest absolute Gasteiger partial charge is 0.353 e. The zero-order valence-electron chi connectivity index (χ0n) is 13.3. The van der Waals surface area contributed by atoms with E-state index in [1.807, 2.05) is 6.92 Å². The summed E-state index contributed by atoms with van der Waals surface area (Å²) in [5, 5.41) is 0.606. The molecule has 0 N–H and O–H groups in total. The number of hydrogen-bond acceptors (Lipinski definition) is 4. The van der Waals surface area contributed by atoms with Gasteiger partial charge in [-0.1, -0.05) is 31.9 Å². The fourth-order valence-electron chi connectivity index (χ4n) is 3.41. The van der Waals surface area contributed by atoms with Crippen LogP contribution in [-0.2, 0) is 0 Å². The van der Waals surface area contributed by atoms with E-state index in [2.05, 4.69) is 28.6 Å². The van der Waals surface area contributed by atoms with Gasteiger partial charge in [-0.2, -0.15) is 0 Å². The molecule has 21 heavy (non-hydrogen) atoms. The predicted octanol–water partition coefficient (Wildman–Crippen LogP) is 3.24. The third-order valence-electron chi connectivity index (χ3n) is 4.73. The van der Waals surface area contributed by atoms with Crippen molar-refractivity contribution in [2.75, 3.05) is 31.1 Å². The van der Waals surface area contributed by atoms with Crippen LogP contribution in [-0.4, -0.2) is 47.1 Å². The van der Waals surface area contributed by atoms with Gasteiger partial charge in [-0.15, -0.1) is 0 Å². The summed E-state index contributed by atoms with van der Waals surface area (Å²) in [6, 6.07) is 0.683. The van der Waals surface area contributed by atoms with E-state index < -0.39 is 0 Å². The molecule has 0 spiro atoms. The lowest BCUT2D eigenvalue weighted by Gasteiger charge is -2.44. The van der Waals surface area contributed by atoms with Crippen molar-refractivity contribution in [3.63, 3.8) is 0 Å². The van der Waals surface area contributed by atoms with Crippen molar-refractivity contribution in [2.24, 2.45) is 0 Å². The molecule has 0 bridgehead atoms. The van der Waals surface area contributed by atoms with Gasteiger partial charge in [-0.05, 0) is 26.3 Å². The quantitative estimate of drug-likeness (QED) is 0.785. The first-order valence-electron chi connectivity index (χ1n) is 8.09. The zero-order valence-corrected chi connectivity index (χ0v) is 14.0. The monoisotopic (exact) mass is 308 g/mol. The van der Waals surface area contributed by atoms with Crippen molar-refractivity contribution < 1.29 is 0 Å². The molecule has 1 unspecified atom stereocenters. The SMILES string of the molecule is Cc1c(Cl)nc(C(C)C)nc1N1CCN2CCCCC2C1. The molecule has 2 saturated heterocycles.